The lowest BCUT2D eigenvalue weighted by Crippen LogP contribution is -2.54. The van der Waals surface area contributed by atoms with Crippen LogP contribution in [0.4, 0.5) is 35.1 Å². The molecule has 0 amide bonds. The number of carboxylic acids is 1. The summed E-state index contributed by atoms with van der Waals surface area (Å²) in [4.78, 5) is 8.93. The Morgan fingerprint density at radius 1 is 0.769 bits per heavy atom. The summed E-state index contributed by atoms with van der Waals surface area (Å²) >= 11 is 0. The number of hydrogen-bond acceptors (Lipinski definition) is 5. The lowest BCUT2D eigenvalue weighted by Gasteiger charge is -2.32. The maximum absolute atomic E-state index is 14.1. The van der Waals surface area contributed by atoms with Gasteiger partial charge in [0.05, 0.1) is 9.79 Å². The van der Waals surface area contributed by atoms with Crippen LogP contribution in [0, 0.1) is 11.6 Å². The number of carbonyl (C=O) groups is 1. The number of aliphatic hydroxyl groups is 1. The SMILES string of the molecule is O=C(O)C=C(c1ccc(F)cc1)c1ccc(S(=O)(=O)c2cc(F)cc(C(O)(C(F)(F)F)C(F)(F)F)c2)cc1O. The Balaban J connectivity index is 2.17. The Morgan fingerprint density at radius 2 is 1.33 bits per heavy atom. The molecule has 3 aromatic carbocycles. The molecule has 0 bridgehead atoms. The number of alkyl halides is 6. The Hall–Kier alpha value is -3.98. The number of hydrogen-bond donors (Lipinski definition) is 3. The van der Waals surface area contributed by atoms with Crippen LogP contribution in [0.3, 0.4) is 0 Å². The van der Waals surface area contributed by atoms with E-state index in [1.807, 2.05) is 0 Å². The fourth-order valence-electron chi connectivity index (χ4n) is 3.53. The quantitative estimate of drug-likeness (QED) is 0.268. The monoisotopic (exact) mass is 582 g/mol. The van der Waals surface area contributed by atoms with E-state index in [1.54, 1.807) is 0 Å². The molecule has 0 heterocycles. The minimum absolute atomic E-state index is 0.0677. The fraction of sp³-hybridized carbons (Fsp3) is 0.125. The summed E-state index contributed by atoms with van der Waals surface area (Å²) in [7, 11) is -5.12. The Labute approximate surface area is 214 Å². The maximum atomic E-state index is 14.1. The van der Waals surface area contributed by atoms with E-state index in [9.17, 15) is 63.7 Å². The summed E-state index contributed by atoms with van der Waals surface area (Å²) in [6.45, 7) is 0. The zero-order valence-electron chi connectivity index (χ0n) is 18.8. The first-order valence-electron chi connectivity index (χ1n) is 10.2. The highest BCUT2D eigenvalue weighted by molar-refractivity contribution is 7.91. The summed E-state index contributed by atoms with van der Waals surface area (Å²) in [5, 5.41) is 29.2. The smallest absolute Gasteiger partial charge is 0.430 e. The number of rotatable bonds is 6. The van der Waals surface area contributed by atoms with Gasteiger partial charge < -0.3 is 15.3 Å². The van der Waals surface area contributed by atoms with Crippen molar-refractivity contribution in [1.29, 1.82) is 0 Å². The first-order valence-corrected chi connectivity index (χ1v) is 11.7. The van der Waals surface area contributed by atoms with Crippen molar-refractivity contribution in [3.05, 3.63) is 95.1 Å². The highest BCUT2D eigenvalue weighted by Crippen LogP contribution is 2.50. The molecule has 0 radical (unpaired) electrons. The summed E-state index contributed by atoms with van der Waals surface area (Å²) < 4.78 is 133. The molecular weight excluding hydrogens is 568 g/mol. The van der Waals surface area contributed by atoms with Gasteiger partial charge in [0.2, 0.25) is 9.84 Å². The molecule has 0 aliphatic rings. The number of sulfone groups is 1. The van der Waals surface area contributed by atoms with E-state index in [0.29, 0.717) is 18.2 Å². The predicted octanol–water partition coefficient (Wildman–Crippen LogP) is 5.33. The topological polar surface area (TPSA) is 112 Å². The summed E-state index contributed by atoms with van der Waals surface area (Å²) in [5.74, 6) is -4.97. The van der Waals surface area contributed by atoms with E-state index in [0.717, 1.165) is 30.3 Å². The molecule has 0 aliphatic carbocycles. The third kappa shape index (κ3) is 5.59. The van der Waals surface area contributed by atoms with Gasteiger partial charge >= 0.3 is 18.3 Å². The molecule has 208 valence electrons. The summed E-state index contributed by atoms with van der Waals surface area (Å²) in [6.07, 6.45) is -12.2. The van der Waals surface area contributed by atoms with Gasteiger partial charge in [0.15, 0.2) is 0 Å². The molecular formula is C24H14F8O6S. The molecule has 0 atom stereocenters. The van der Waals surface area contributed by atoms with Gasteiger partial charge in [0.25, 0.3) is 5.60 Å². The van der Waals surface area contributed by atoms with Crippen molar-refractivity contribution in [3.63, 3.8) is 0 Å². The molecule has 0 aromatic heterocycles. The predicted molar refractivity (Wildman–Crippen MR) is 117 cm³/mol. The Kier molecular flexibility index (Phi) is 7.55. The normalized spacial score (nSPS) is 13.4. The highest BCUT2D eigenvalue weighted by atomic mass is 32.2. The Bertz CT molecular complexity index is 1540. The number of benzene rings is 3. The van der Waals surface area contributed by atoms with Gasteiger partial charge in [-0.15, -0.1) is 0 Å². The summed E-state index contributed by atoms with van der Waals surface area (Å²) in [5.41, 5.74) is -8.24. The zero-order chi connectivity index (χ0) is 29.6. The van der Waals surface area contributed by atoms with Crippen LogP contribution in [0.25, 0.3) is 5.57 Å². The third-order valence-corrected chi connectivity index (χ3v) is 7.14. The van der Waals surface area contributed by atoms with Gasteiger partial charge in [-0.3, -0.25) is 0 Å². The molecule has 0 unspecified atom stereocenters. The van der Waals surface area contributed by atoms with Crippen LogP contribution in [0.1, 0.15) is 16.7 Å². The van der Waals surface area contributed by atoms with E-state index in [1.165, 1.54) is 0 Å². The molecule has 39 heavy (non-hydrogen) atoms. The first-order chi connectivity index (χ1) is 17.8. The summed E-state index contributed by atoms with van der Waals surface area (Å²) in [6, 6.07) is 5.85. The largest absolute Gasteiger partial charge is 0.507 e. The molecule has 3 N–H and O–H groups in total. The molecule has 3 aromatic rings. The van der Waals surface area contributed by atoms with Crippen LogP contribution in [-0.4, -0.2) is 42.1 Å². The van der Waals surface area contributed by atoms with E-state index in [2.05, 4.69) is 0 Å². The molecule has 0 spiro atoms. The van der Waals surface area contributed by atoms with Gasteiger partial charge in [-0.2, -0.15) is 26.3 Å². The lowest BCUT2D eigenvalue weighted by atomic mass is 9.92. The van der Waals surface area contributed by atoms with E-state index >= 15 is 0 Å². The molecule has 0 saturated carbocycles. The van der Waals surface area contributed by atoms with Gasteiger partial charge in [0.1, 0.15) is 17.4 Å². The van der Waals surface area contributed by atoms with Gasteiger partial charge in [-0.05, 0) is 59.7 Å². The average molecular weight is 582 g/mol. The van der Waals surface area contributed by atoms with Gasteiger partial charge in [0, 0.05) is 17.2 Å². The molecule has 0 fully saturated rings. The number of aromatic hydroxyl groups is 1. The first kappa shape index (κ1) is 29.6. The number of phenolic OH excluding ortho intramolecular Hbond substituents is 1. The van der Waals surface area contributed by atoms with Crippen molar-refractivity contribution < 1.29 is 63.7 Å². The van der Waals surface area contributed by atoms with Crippen molar-refractivity contribution >= 4 is 21.4 Å². The Morgan fingerprint density at radius 3 is 1.82 bits per heavy atom. The van der Waals surface area contributed by atoms with Crippen LogP contribution >= 0.6 is 0 Å². The number of halogens is 8. The van der Waals surface area contributed by atoms with Gasteiger partial charge in [-0.1, -0.05) is 12.1 Å². The minimum Gasteiger partial charge on any atom is -0.507 e. The van der Waals surface area contributed by atoms with Crippen LogP contribution in [-0.2, 0) is 20.2 Å². The second-order valence-electron chi connectivity index (χ2n) is 7.97. The second-order valence-corrected chi connectivity index (χ2v) is 9.92. The zero-order valence-corrected chi connectivity index (χ0v) is 19.7. The lowest BCUT2D eigenvalue weighted by molar-refractivity contribution is -0.376. The van der Waals surface area contributed by atoms with Crippen molar-refractivity contribution in [2.45, 2.75) is 27.7 Å². The minimum atomic E-state index is -6.42. The third-order valence-electron chi connectivity index (χ3n) is 5.41. The molecule has 0 saturated heterocycles. The van der Waals surface area contributed by atoms with Crippen molar-refractivity contribution in [3.8, 4) is 5.75 Å². The van der Waals surface area contributed by atoms with E-state index < -0.39 is 66.5 Å². The van der Waals surface area contributed by atoms with Crippen LogP contribution in [0.15, 0.2) is 76.5 Å². The van der Waals surface area contributed by atoms with Crippen molar-refractivity contribution in [2.75, 3.05) is 0 Å². The standard InChI is InChI=1S/C24H14F8O6S/c25-14-3-1-12(2-4-14)19(11-21(34)35)18-6-5-16(10-20(18)33)39(37,38)17-8-13(7-15(26)9-17)22(36,23(27,28)29)24(30,31)32/h1-11,33,36H,(H,34,35). The maximum Gasteiger partial charge on any atom is 0.430 e. The molecule has 3 rings (SSSR count). The van der Waals surface area contributed by atoms with Crippen LogP contribution in [0.5, 0.6) is 5.75 Å². The van der Waals surface area contributed by atoms with Crippen LogP contribution < -0.4 is 0 Å². The highest BCUT2D eigenvalue weighted by Gasteiger charge is 2.71. The van der Waals surface area contributed by atoms with Crippen molar-refractivity contribution in [2.24, 2.45) is 0 Å². The van der Waals surface area contributed by atoms with Crippen LogP contribution in [0.2, 0.25) is 0 Å². The molecule has 15 heteroatoms. The van der Waals surface area contributed by atoms with Crippen molar-refractivity contribution in [1.82, 2.24) is 0 Å². The number of aliphatic carboxylic acids is 1. The second kappa shape index (κ2) is 9.96. The van der Waals surface area contributed by atoms with E-state index in [4.69, 9.17) is 0 Å². The fourth-order valence-corrected chi connectivity index (χ4v) is 4.86. The molecule has 6 nitrogen and oxygen atoms in total. The van der Waals surface area contributed by atoms with E-state index in [-0.39, 0.29) is 34.9 Å². The number of carboxylic acid groups (broad SMARTS) is 1. The molecule has 0 aliphatic heterocycles. The van der Waals surface area contributed by atoms with Gasteiger partial charge in [-0.25, -0.2) is 22.0 Å². The average Bonchev–Trinajstić information content (AvgIpc) is 2.80. The number of phenols is 1.